The van der Waals surface area contributed by atoms with Gasteiger partial charge < -0.3 is 5.11 Å². The lowest BCUT2D eigenvalue weighted by molar-refractivity contribution is 0.234. The van der Waals surface area contributed by atoms with Gasteiger partial charge in [0.15, 0.2) is 5.82 Å². The van der Waals surface area contributed by atoms with Crippen molar-refractivity contribution in [1.29, 1.82) is 0 Å². The van der Waals surface area contributed by atoms with E-state index in [1.165, 1.54) is 4.57 Å². The molecule has 0 fully saturated rings. The van der Waals surface area contributed by atoms with Gasteiger partial charge in [0.25, 0.3) is 0 Å². The van der Waals surface area contributed by atoms with Crippen LogP contribution in [0.25, 0.3) is 0 Å². The molecule has 5 nitrogen and oxygen atoms in total. The monoisotopic (exact) mass is 241 g/mol. The number of hydrogen-bond donors (Lipinski definition) is 1. The SMILES string of the molecule is CCCC(C)(CC)n1nc(CO)n(CC)c1=O. The van der Waals surface area contributed by atoms with Crippen molar-refractivity contribution in [1.82, 2.24) is 14.3 Å². The Morgan fingerprint density at radius 2 is 2.00 bits per heavy atom. The van der Waals surface area contributed by atoms with Gasteiger partial charge in [-0.3, -0.25) is 4.57 Å². The molecule has 0 bridgehead atoms. The number of hydrogen-bond acceptors (Lipinski definition) is 3. The summed E-state index contributed by atoms with van der Waals surface area (Å²) in [7, 11) is 0. The summed E-state index contributed by atoms with van der Waals surface area (Å²) in [6.07, 6.45) is 2.77. The van der Waals surface area contributed by atoms with Crippen LogP contribution in [0, 0.1) is 0 Å². The summed E-state index contributed by atoms with van der Waals surface area (Å²) in [4.78, 5) is 12.2. The van der Waals surface area contributed by atoms with Gasteiger partial charge in [-0.2, -0.15) is 5.10 Å². The van der Waals surface area contributed by atoms with Crippen molar-refractivity contribution in [3.63, 3.8) is 0 Å². The molecule has 1 rings (SSSR count). The smallest absolute Gasteiger partial charge is 0.346 e. The Morgan fingerprint density at radius 3 is 2.35 bits per heavy atom. The molecule has 1 N–H and O–H groups in total. The predicted octanol–water partition coefficient (Wildman–Crippen LogP) is 1.48. The van der Waals surface area contributed by atoms with Crippen molar-refractivity contribution in [2.75, 3.05) is 0 Å². The van der Waals surface area contributed by atoms with Crippen molar-refractivity contribution in [3.8, 4) is 0 Å². The highest BCUT2D eigenvalue weighted by Gasteiger charge is 2.28. The van der Waals surface area contributed by atoms with E-state index in [2.05, 4.69) is 18.9 Å². The summed E-state index contributed by atoms with van der Waals surface area (Å²) in [5.41, 5.74) is -0.370. The first-order valence-electron chi connectivity index (χ1n) is 6.34. The van der Waals surface area contributed by atoms with E-state index in [-0.39, 0.29) is 17.8 Å². The van der Waals surface area contributed by atoms with Crippen LogP contribution in [0.1, 0.15) is 52.8 Å². The van der Waals surface area contributed by atoms with Crippen LogP contribution in [0.3, 0.4) is 0 Å². The summed E-state index contributed by atoms with van der Waals surface area (Å²) in [5, 5.41) is 13.5. The normalized spacial score (nSPS) is 14.9. The molecule has 0 aliphatic carbocycles. The molecule has 1 heterocycles. The summed E-state index contributed by atoms with van der Waals surface area (Å²) < 4.78 is 3.08. The van der Waals surface area contributed by atoms with Gasteiger partial charge in [0.1, 0.15) is 6.61 Å². The van der Waals surface area contributed by atoms with Crippen LogP contribution in [0.4, 0.5) is 0 Å². The molecule has 0 spiro atoms. The van der Waals surface area contributed by atoms with Crippen LogP contribution in [-0.2, 0) is 18.7 Å². The maximum atomic E-state index is 12.2. The van der Waals surface area contributed by atoms with E-state index in [1.807, 2.05) is 13.8 Å². The number of aliphatic hydroxyl groups excluding tert-OH is 1. The van der Waals surface area contributed by atoms with Crippen LogP contribution < -0.4 is 5.69 Å². The number of aliphatic hydroxyl groups is 1. The second-order valence-corrected chi connectivity index (χ2v) is 4.61. The zero-order valence-corrected chi connectivity index (χ0v) is 11.2. The number of nitrogens with zero attached hydrogens (tertiary/aromatic N) is 3. The van der Waals surface area contributed by atoms with E-state index in [9.17, 15) is 9.90 Å². The lowest BCUT2D eigenvalue weighted by atomic mass is 9.93. The Bertz CT molecular complexity index is 422. The fourth-order valence-corrected chi connectivity index (χ4v) is 2.19. The zero-order chi connectivity index (χ0) is 13.1. The van der Waals surface area contributed by atoms with Crippen LogP contribution >= 0.6 is 0 Å². The lowest BCUT2D eigenvalue weighted by Gasteiger charge is -2.27. The van der Waals surface area contributed by atoms with Gasteiger partial charge in [-0.1, -0.05) is 20.3 Å². The Balaban J connectivity index is 3.30. The topological polar surface area (TPSA) is 60.0 Å². The summed E-state index contributed by atoms with van der Waals surface area (Å²) in [5.74, 6) is 0.452. The third kappa shape index (κ3) is 2.44. The van der Waals surface area contributed by atoms with Crippen molar-refractivity contribution in [2.45, 2.75) is 65.6 Å². The molecular formula is C12H23N3O2. The Morgan fingerprint density at radius 1 is 1.35 bits per heavy atom. The molecule has 1 unspecified atom stereocenters. The van der Waals surface area contributed by atoms with Crippen molar-refractivity contribution >= 4 is 0 Å². The minimum absolute atomic E-state index is 0.116. The van der Waals surface area contributed by atoms with Gasteiger partial charge in [0, 0.05) is 6.54 Å². The summed E-state index contributed by atoms with van der Waals surface area (Å²) in [6.45, 7) is 8.44. The van der Waals surface area contributed by atoms with Gasteiger partial charge in [-0.15, -0.1) is 0 Å². The largest absolute Gasteiger partial charge is 0.388 e. The highest BCUT2D eigenvalue weighted by molar-refractivity contribution is 4.90. The molecule has 98 valence electrons. The van der Waals surface area contributed by atoms with Crippen molar-refractivity contribution < 1.29 is 5.11 Å². The molecular weight excluding hydrogens is 218 g/mol. The standard InChI is InChI=1S/C12H23N3O2/c1-5-8-12(4,6-2)15-11(17)14(7-3)10(9-16)13-15/h16H,5-9H2,1-4H3. The minimum Gasteiger partial charge on any atom is -0.388 e. The second-order valence-electron chi connectivity index (χ2n) is 4.61. The highest BCUT2D eigenvalue weighted by Crippen LogP contribution is 2.23. The maximum absolute atomic E-state index is 12.2. The van der Waals surface area contributed by atoms with E-state index < -0.39 is 0 Å². The summed E-state index contributed by atoms with van der Waals surface area (Å²) in [6, 6.07) is 0. The average Bonchev–Trinajstić information content (AvgIpc) is 2.66. The first-order valence-corrected chi connectivity index (χ1v) is 6.34. The average molecular weight is 241 g/mol. The zero-order valence-electron chi connectivity index (χ0n) is 11.2. The fraction of sp³-hybridized carbons (Fsp3) is 0.833. The lowest BCUT2D eigenvalue weighted by Crippen LogP contribution is -2.39. The highest BCUT2D eigenvalue weighted by atomic mass is 16.3. The van der Waals surface area contributed by atoms with Crippen LogP contribution in [0.15, 0.2) is 4.79 Å². The molecule has 0 aliphatic rings. The Kier molecular flexibility index (Phi) is 4.51. The summed E-state index contributed by atoms with van der Waals surface area (Å²) >= 11 is 0. The van der Waals surface area contributed by atoms with E-state index in [1.54, 1.807) is 4.68 Å². The third-order valence-electron chi connectivity index (χ3n) is 3.46. The molecule has 17 heavy (non-hydrogen) atoms. The molecule has 1 atom stereocenters. The van der Waals surface area contributed by atoms with Gasteiger partial charge >= 0.3 is 5.69 Å². The Hall–Kier alpha value is -1.10. The van der Waals surface area contributed by atoms with Crippen LogP contribution in [0.2, 0.25) is 0 Å². The van der Waals surface area contributed by atoms with Gasteiger partial charge in [-0.05, 0) is 26.7 Å². The first-order chi connectivity index (χ1) is 8.03. The van der Waals surface area contributed by atoms with Crippen LogP contribution in [-0.4, -0.2) is 19.5 Å². The molecule has 0 saturated carbocycles. The minimum atomic E-state index is -0.254. The quantitative estimate of drug-likeness (QED) is 0.820. The number of aromatic nitrogens is 3. The van der Waals surface area contributed by atoms with E-state index in [0.717, 1.165) is 19.3 Å². The second kappa shape index (κ2) is 5.49. The number of rotatable bonds is 6. The predicted molar refractivity (Wildman–Crippen MR) is 66.9 cm³/mol. The third-order valence-corrected chi connectivity index (χ3v) is 3.46. The van der Waals surface area contributed by atoms with Crippen molar-refractivity contribution in [2.24, 2.45) is 0 Å². The molecule has 0 radical (unpaired) electrons. The van der Waals surface area contributed by atoms with E-state index in [0.29, 0.717) is 12.4 Å². The molecule has 1 aromatic rings. The van der Waals surface area contributed by atoms with Gasteiger partial charge in [0.2, 0.25) is 0 Å². The van der Waals surface area contributed by atoms with E-state index >= 15 is 0 Å². The maximum Gasteiger partial charge on any atom is 0.346 e. The van der Waals surface area contributed by atoms with Gasteiger partial charge in [0.05, 0.1) is 5.54 Å². The van der Waals surface area contributed by atoms with E-state index in [4.69, 9.17) is 0 Å². The van der Waals surface area contributed by atoms with Crippen LogP contribution in [0.5, 0.6) is 0 Å². The fourth-order valence-electron chi connectivity index (χ4n) is 2.19. The Labute approximate surface area is 102 Å². The molecule has 0 amide bonds. The van der Waals surface area contributed by atoms with Crippen molar-refractivity contribution in [3.05, 3.63) is 16.3 Å². The molecule has 0 aromatic carbocycles. The molecule has 0 aliphatic heterocycles. The van der Waals surface area contributed by atoms with Gasteiger partial charge in [-0.25, -0.2) is 9.48 Å². The molecule has 5 heteroatoms. The first kappa shape index (κ1) is 14.0. The molecule has 1 aromatic heterocycles. The molecule has 0 saturated heterocycles.